The van der Waals surface area contributed by atoms with Crippen LogP contribution in [0.15, 0.2) is 30.3 Å². The minimum Gasteiger partial charge on any atom is -0.454 e. The Labute approximate surface area is 150 Å². The van der Waals surface area contributed by atoms with Crippen LogP contribution in [0.5, 0.6) is 23.0 Å². The molecule has 136 valence electrons. The van der Waals surface area contributed by atoms with Crippen molar-refractivity contribution in [3.8, 4) is 23.0 Å². The van der Waals surface area contributed by atoms with Crippen LogP contribution in [0.4, 0.5) is 0 Å². The van der Waals surface area contributed by atoms with Gasteiger partial charge in [0.1, 0.15) is 5.60 Å². The fraction of sp³-hybridized carbons (Fsp3) is 0.400. The van der Waals surface area contributed by atoms with Gasteiger partial charge in [-0.1, -0.05) is 26.0 Å². The lowest BCUT2D eigenvalue weighted by Gasteiger charge is -2.46. The molecule has 26 heavy (non-hydrogen) atoms. The lowest BCUT2D eigenvalue weighted by Crippen LogP contribution is -2.45. The Hall–Kier alpha value is -2.44. The van der Waals surface area contributed by atoms with Crippen molar-refractivity contribution < 1.29 is 29.2 Å². The molecule has 4 atom stereocenters. The fourth-order valence-electron chi connectivity index (χ4n) is 4.33. The average Bonchev–Trinajstić information content (AvgIpc) is 3.31. The maximum atomic E-state index is 12.0. The van der Waals surface area contributed by atoms with E-state index in [0.29, 0.717) is 39.7 Å². The molecule has 0 spiro atoms. The van der Waals surface area contributed by atoms with E-state index in [1.54, 1.807) is 12.1 Å². The number of fused-ring (bicyclic) bond motifs is 4. The van der Waals surface area contributed by atoms with E-state index in [4.69, 9.17) is 18.9 Å². The molecule has 2 aliphatic heterocycles. The molecule has 0 bridgehead atoms. The first-order valence-corrected chi connectivity index (χ1v) is 8.75. The maximum Gasteiger partial charge on any atom is 0.231 e. The number of aliphatic hydroxyl groups excluding tert-OH is 1. The topological polar surface area (TPSA) is 77.4 Å². The summed E-state index contributed by atoms with van der Waals surface area (Å²) in [5, 5.41) is 22.8. The van der Waals surface area contributed by atoms with Crippen LogP contribution in [-0.4, -0.2) is 23.8 Å². The second-order valence-electron chi connectivity index (χ2n) is 7.19. The van der Waals surface area contributed by atoms with Crippen LogP contribution in [0.25, 0.3) is 0 Å². The van der Waals surface area contributed by atoms with Crippen molar-refractivity contribution in [2.24, 2.45) is 11.8 Å². The molecule has 2 aromatic rings. The Morgan fingerprint density at radius 3 is 2.46 bits per heavy atom. The van der Waals surface area contributed by atoms with Crippen LogP contribution in [-0.2, 0) is 5.60 Å². The molecule has 6 nitrogen and oxygen atoms in total. The van der Waals surface area contributed by atoms with Gasteiger partial charge in [0.2, 0.25) is 13.6 Å². The molecule has 0 amide bonds. The lowest BCUT2D eigenvalue weighted by molar-refractivity contribution is -0.0562. The molecule has 0 fully saturated rings. The smallest absolute Gasteiger partial charge is 0.231 e. The van der Waals surface area contributed by atoms with Crippen molar-refractivity contribution in [1.29, 1.82) is 0 Å². The highest BCUT2D eigenvalue weighted by atomic mass is 16.7. The lowest BCUT2D eigenvalue weighted by atomic mass is 9.63. The number of ether oxygens (including phenoxy) is 4. The third-order valence-corrected chi connectivity index (χ3v) is 6.03. The van der Waals surface area contributed by atoms with Crippen molar-refractivity contribution in [1.82, 2.24) is 0 Å². The third kappa shape index (κ3) is 1.88. The summed E-state index contributed by atoms with van der Waals surface area (Å²) in [4.78, 5) is 0. The van der Waals surface area contributed by atoms with E-state index < -0.39 is 11.7 Å². The largest absolute Gasteiger partial charge is 0.454 e. The highest BCUT2D eigenvalue weighted by Gasteiger charge is 2.51. The molecule has 6 heteroatoms. The highest BCUT2D eigenvalue weighted by molar-refractivity contribution is 5.61. The first-order chi connectivity index (χ1) is 12.5. The van der Waals surface area contributed by atoms with Gasteiger partial charge in [0.25, 0.3) is 0 Å². The zero-order chi connectivity index (χ0) is 18.1. The van der Waals surface area contributed by atoms with Crippen LogP contribution >= 0.6 is 0 Å². The third-order valence-electron chi connectivity index (χ3n) is 6.03. The Morgan fingerprint density at radius 1 is 0.923 bits per heavy atom. The van der Waals surface area contributed by atoms with Crippen molar-refractivity contribution in [2.45, 2.75) is 25.6 Å². The standard InChI is InChI=1S/C20H20O6/c1-10-11(2)20(22,12-3-5-14-16(7-12)25-8-23-14)17-13(18(10)21)4-6-15-19(17)26-9-24-15/h3-7,10-11,18,21-22H,8-9H2,1-2H3/t10-,11-,18+,20+/m0/s1. The van der Waals surface area contributed by atoms with Gasteiger partial charge in [-0.15, -0.1) is 0 Å². The van der Waals surface area contributed by atoms with Gasteiger partial charge in [0.05, 0.1) is 6.10 Å². The summed E-state index contributed by atoms with van der Waals surface area (Å²) in [7, 11) is 0. The highest BCUT2D eigenvalue weighted by Crippen LogP contribution is 2.57. The quantitative estimate of drug-likeness (QED) is 0.818. The Morgan fingerprint density at radius 2 is 1.62 bits per heavy atom. The van der Waals surface area contributed by atoms with Gasteiger partial charge in [-0.2, -0.15) is 0 Å². The summed E-state index contributed by atoms with van der Waals surface area (Å²) in [6, 6.07) is 9.05. The zero-order valence-corrected chi connectivity index (χ0v) is 14.6. The number of aliphatic hydroxyl groups is 2. The molecule has 1 aliphatic carbocycles. The summed E-state index contributed by atoms with van der Waals surface area (Å²) in [5.41, 5.74) is 0.566. The molecular weight excluding hydrogens is 336 g/mol. The molecule has 2 heterocycles. The summed E-state index contributed by atoms with van der Waals surface area (Å²) in [6.45, 7) is 4.16. The SMILES string of the molecule is C[C@@H]1[C@@H](O)c2ccc3c(c2[C@](O)(c2ccc4c(c2)OCO4)[C@H]1C)OCO3. The number of hydrogen-bond acceptors (Lipinski definition) is 6. The second kappa shape index (κ2) is 5.28. The molecule has 0 unspecified atom stereocenters. The van der Waals surface area contributed by atoms with Gasteiger partial charge in [-0.25, -0.2) is 0 Å². The predicted molar refractivity (Wildman–Crippen MR) is 91.4 cm³/mol. The van der Waals surface area contributed by atoms with Crippen molar-refractivity contribution in [3.05, 3.63) is 47.0 Å². The van der Waals surface area contributed by atoms with E-state index in [9.17, 15) is 10.2 Å². The predicted octanol–water partition coefficient (Wildman–Crippen LogP) is 2.70. The second-order valence-corrected chi connectivity index (χ2v) is 7.19. The Balaban J connectivity index is 1.78. The van der Waals surface area contributed by atoms with E-state index in [-0.39, 0.29) is 25.4 Å². The van der Waals surface area contributed by atoms with Crippen LogP contribution in [0, 0.1) is 11.8 Å². The number of rotatable bonds is 1. The molecule has 0 radical (unpaired) electrons. The summed E-state index contributed by atoms with van der Waals surface area (Å²) in [6.07, 6.45) is -0.691. The molecule has 0 aromatic heterocycles. The molecule has 3 aliphatic rings. The minimum atomic E-state index is -1.35. The van der Waals surface area contributed by atoms with Gasteiger partial charge >= 0.3 is 0 Å². The van der Waals surface area contributed by atoms with Crippen molar-refractivity contribution >= 4 is 0 Å². The summed E-state index contributed by atoms with van der Waals surface area (Å²) in [5.74, 6) is 1.93. The van der Waals surface area contributed by atoms with Crippen LogP contribution in [0.2, 0.25) is 0 Å². The zero-order valence-electron chi connectivity index (χ0n) is 14.6. The average molecular weight is 356 g/mol. The normalized spacial score (nSPS) is 31.0. The van der Waals surface area contributed by atoms with Crippen LogP contribution in [0.3, 0.4) is 0 Å². The van der Waals surface area contributed by atoms with Gasteiger partial charge < -0.3 is 29.2 Å². The van der Waals surface area contributed by atoms with Crippen molar-refractivity contribution in [3.63, 3.8) is 0 Å². The molecule has 0 saturated heterocycles. The fourth-order valence-corrected chi connectivity index (χ4v) is 4.33. The van der Waals surface area contributed by atoms with E-state index in [2.05, 4.69) is 0 Å². The Kier molecular flexibility index (Phi) is 3.21. The summed E-state index contributed by atoms with van der Waals surface area (Å²) >= 11 is 0. The van der Waals surface area contributed by atoms with Gasteiger partial charge in [0.15, 0.2) is 23.0 Å². The Bertz CT molecular complexity index is 894. The molecular formula is C20H20O6. The van der Waals surface area contributed by atoms with E-state index in [1.165, 1.54) is 0 Å². The maximum absolute atomic E-state index is 12.0. The molecule has 2 N–H and O–H groups in total. The number of benzene rings is 2. The first kappa shape index (κ1) is 15.8. The van der Waals surface area contributed by atoms with Gasteiger partial charge in [0, 0.05) is 5.56 Å². The van der Waals surface area contributed by atoms with E-state index in [1.807, 2.05) is 32.0 Å². The van der Waals surface area contributed by atoms with Gasteiger partial charge in [-0.3, -0.25) is 0 Å². The molecule has 2 aromatic carbocycles. The van der Waals surface area contributed by atoms with E-state index >= 15 is 0 Å². The summed E-state index contributed by atoms with van der Waals surface area (Å²) < 4.78 is 22.1. The van der Waals surface area contributed by atoms with Crippen LogP contribution in [0.1, 0.15) is 36.6 Å². The minimum absolute atomic E-state index is 0.100. The van der Waals surface area contributed by atoms with E-state index in [0.717, 1.165) is 0 Å². The molecule has 5 rings (SSSR count). The van der Waals surface area contributed by atoms with Gasteiger partial charge in [-0.05, 0) is 41.2 Å². The monoisotopic (exact) mass is 356 g/mol. The van der Waals surface area contributed by atoms with Crippen molar-refractivity contribution in [2.75, 3.05) is 13.6 Å². The van der Waals surface area contributed by atoms with Crippen LogP contribution < -0.4 is 18.9 Å². The molecule has 0 saturated carbocycles. The number of hydrogen-bond donors (Lipinski definition) is 2. The first-order valence-electron chi connectivity index (χ1n) is 8.75.